The summed E-state index contributed by atoms with van der Waals surface area (Å²) in [6.45, 7) is 1.73. The number of amides is 1. The molecule has 0 aliphatic rings. The van der Waals surface area contributed by atoms with Gasteiger partial charge in [-0.25, -0.2) is 4.68 Å². The SMILES string of the molecule is Cc1c(-n2cc(C(=O)N=C(N)N)c3ccccc3c2=O)c(=O)n(-c2ccccc2)n1C.Cl.Cl. The summed E-state index contributed by atoms with van der Waals surface area (Å²) >= 11 is 0. The highest BCUT2D eigenvalue weighted by atomic mass is 35.5. The Morgan fingerprint density at radius 2 is 1.45 bits per heavy atom. The van der Waals surface area contributed by atoms with Crippen LogP contribution < -0.4 is 22.6 Å². The Balaban J connectivity index is 0.00000193. The van der Waals surface area contributed by atoms with E-state index in [4.69, 9.17) is 11.5 Å². The van der Waals surface area contributed by atoms with Crippen LogP contribution in [0.3, 0.4) is 0 Å². The first kappa shape index (κ1) is 25.4. The van der Waals surface area contributed by atoms with Crippen LogP contribution in [0, 0.1) is 6.92 Å². The number of hydrogen-bond acceptors (Lipinski definition) is 3. The minimum atomic E-state index is -0.707. The molecule has 0 bridgehead atoms. The summed E-state index contributed by atoms with van der Waals surface area (Å²) in [5.74, 6) is -1.10. The molecule has 0 saturated carbocycles. The second kappa shape index (κ2) is 9.76. The van der Waals surface area contributed by atoms with E-state index >= 15 is 0 Å². The van der Waals surface area contributed by atoms with Gasteiger partial charge >= 0.3 is 0 Å². The van der Waals surface area contributed by atoms with E-state index in [1.807, 2.05) is 18.2 Å². The number of benzene rings is 2. The molecular weight excluding hydrogens is 467 g/mol. The van der Waals surface area contributed by atoms with Gasteiger partial charge in [-0.3, -0.25) is 23.6 Å². The third-order valence-corrected chi connectivity index (χ3v) is 5.15. The third kappa shape index (κ3) is 4.28. The van der Waals surface area contributed by atoms with Gasteiger partial charge in [0.25, 0.3) is 17.0 Å². The Morgan fingerprint density at radius 1 is 0.879 bits per heavy atom. The van der Waals surface area contributed by atoms with Gasteiger partial charge in [0.15, 0.2) is 5.96 Å². The zero-order valence-corrected chi connectivity index (χ0v) is 19.4. The fourth-order valence-electron chi connectivity index (χ4n) is 3.64. The maximum absolute atomic E-state index is 13.4. The lowest BCUT2D eigenvalue weighted by atomic mass is 10.1. The van der Waals surface area contributed by atoms with Crippen molar-refractivity contribution in [2.45, 2.75) is 6.92 Å². The van der Waals surface area contributed by atoms with Crippen molar-refractivity contribution < 1.29 is 4.79 Å². The Kier molecular flexibility index (Phi) is 7.53. The van der Waals surface area contributed by atoms with E-state index in [2.05, 4.69) is 4.99 Å². The molecule has 0 unspecified atom stereocenters. The van der Waals surface area contributed by atoms with Crippen molar-refractivity contribution in [2.75, 3.05) is 0 Å². The van der Waals surface area contributed by atoms with Crippen LogP contribution in [0.25, 0.3) is 22.1 Å². The average Bonchev–Trinajstić information content (AvgIpc) is 2.97. The maximum Gasteiger partial charge on any atom is 0.296 e. The number of aromatic nitrogens is 3. The monoisotopic (exact) mass is 488 g/mol. The van der Waals surface area contributed by atoms with Crippen LogP contribution in [0.2, 0.25) is 0 Å². The predicted molar refractivity (Wildman–Crippen MR) is 133 cm³/mol. The lowest BCUT2D eigenvalue weighted by molar-refractivity contribution is 0.100. The predicted octanol–water partition coefficient (Wildman–Crippen LogP) is 2.05. The molecule has 4 N–H and O–H groups in total. The number of pyridine rings is 1. The number of nitrogens with two attached hydrogens (primary N) is 2. The molecule has 2 aromatic carbocycles. The summed E-state index contributed by atoms with van der Waals surface area (Å²) in [6.07, 6.45) is 1.32. The van der Waals surface area contributed by atoms with Crippen molar-refractivity contribution in [3.05, 3.63) is 92.8 Å². The largest absolute Gasteiger partial charge is 0.370 e. The van der Waals surface area contributed by atoms with Crippen LogP contribution in [0.15, 0.2) is 75.4 Å². The van der Waals surface area contributed by atoms with Gasteiger partial charge in [-0.15, -0.1) is 24.8 Å². The molecule has 2 aromatic heterocycles. The molecule has 0 atom stereocenters. The molecule has 0 aliphatic carbocycles. The number of nitrogens with zero attached hydrogens (tertiary/aromatic N) is 4. The van der Waals surface area contributed by atoms with Crippen molar-refractivity contribution in [3.63, 3.8) is 0 Å². The fourth-order valence-corrected chi connectivity index (χ4v) is 3.64. The molecule has 4 rings (SSSR count). The lowest BCUT2D eigenvalue weighted by Crippen LogP contribution is -2.28. The quantitative estimate of drug-likeness (QED) is 0.336. The Hall–Kier alpha value is -3.82. The van der Waals surface area contributed by atoms with Crippen molar-refractivity contribution in [1.29, 1.82) is 0 Å². The number of carbonyl (C=O) groups excluding carboxylic acids is 1. The van der Waals surface area contributed by atoms with Crippen LogP contribution in [-0.2, 0) is 7.05 Å². The number of para-hydroxylation sites is 1. The molecule has 0 radical (unpaired) electrons. The van der Waals surface area contributed by atoms with Crippen molar-refractivity contribution in [1.82, 2.24) is 13.9 Å². The Bertz CT molecular complexity index is 1480. The number of carbonyl (C=O) groups is 1. The Morgan fingerprint density at radius 3 is 2.06 bits per heavy atom. The van der Waals surface area contributed by atoms with E-state index in [0.29, 0.717) is 16.8 Å². The number of hydrogen-bond donors (Lipinski definition) is 2. The summed E-state index contributed by atoms with van der Waals surface area (Å²) < 4.78 is 4.31. The van der Waals surface area contributed by atoms with Crippen molar-refractivity contribution in [2.24, 2.45) is 23.5 Å². The molecular formula is C22H22Cl2N6O3. The smallest absolute Gasteiger partial charge is 0.296 e. The van der Waals surface area contributed by atoms with Gasteiger partial charge in [-0.1, -0.05) is 36.4 Å². The number of aliphatic imine (C=N–C) groups is 1. The van der Waals surface area contributed by atoms with Gasteiger partial charge in [-0.05, 0) is 25.1 Å². The molecule has 0 fully saturated rings. The first-order chi connectivity index (χ1) is 14.8. The van der Waals surface area contributed by atoms with Crippen LogP contribution in [0.5, 0.6) is 0 Å². The van der Waals surface area contributed by atoms with E-state index in [-0.39, 0.29) is 41.5 Å². The van der Waals surface area contributed by atoms with Crippen molar-refractivity contribution in [3.8, 4) is 11.4 Å². The van der Waals surface area contributed by atoms with E-state index in [9.17, 15) is 14.4 Å². The normalized spacial score (nSPS) is 10.2. The van der Waals surface area contributed by atoms with E-state index in [0.717, 1.165) is 0 Å². The summed E-state index contributed by atoms with van der Waals surface area (Å²) in [5, 5.41) is 0.670. The second-order valence-corrected chi connectivity index (χ2v) is 7.02. The molecule has 4 aromatic rings. The Labute approximate surface area is 200 Å². The van der Waals surface area contributed by atoms with Crippen LogP contribution >= 0.6 is 24.8 Å². The standard InChI is InChI=1S/C22H20N6O3.2ClH/c1-13-18(21(31)28(26(13)2)14-8-4-3-5-9-14)27-12-17(19(29)25-22(23)24)15-10-6-7-11-16(15)20(27)30;;/h3-12H,1-2H3,(H4,23,24,25,29);2*1H. The van der Waals surface area contributed by atoms with Gasteiger partial charge in [0.2, 0.25) is 0 Å². The van der Waals surface area contributed by atoms with Gasteiger partial charge in [0, 0.05) is 24.0 Å². The highest BCUT2D eigenvalue weighted by Gasteiger charge is 2.22. The lowest BCUT2D eigenvalue weighted by Gasteiger charge is -2.10. The fraction of sp³-hybridized carbons (Fsp3) is 0.0909. The zero-order valence-electron chi connectivity index (χ0n) is 17.8. The van der Waals surface area contributed by atoms with Gasteiger partial charge in [-0.2, -0.15) is 4.99 Å². The molecule has 0 saturated heterocycles. The highest BCUT2D eigenvalue weighted by molar-refractivity contribution is 6.10. The third-order valence-electron chi connectivity index (χ3n) is 5.15. The van der Waals surface area contributed by atoms with Gasteiger partial charge < -0.3 is 11.5 Å². The van der Waals surface area contributed by atoms with Crippen LogP contribution in [0.4, 0.5) is 0 Å². The summed E-state index contributed by atoms with van der Waals surface area (Å²) in [6, 6.07) is 15.7. The number of rotatable bonds is 3. The second-order valence-electron chi connectivity index (χ2n) is 7.02. The summed E-state index contributed by atoms with van der Waals surface area (Å²) in [4.78, 5) is 43.0. The summed E-state index contributed by atoms with van der Waals surface area (Å²) in [7, 11) is 1.73. The van der Waals surface area contributed by atoms with E-state index in [1.54, 1.807) is 55.1 Å². The van der Waals surface area contributed by atoms with Crippen LogP contribution in [0.1, 0.15) is 16.1 Å². The zero-order chi connectivity index (χ0) is 22.3. The number of halogens is 2. The first-order valence-electron chi connectivity index (χ1n) is 9.44. The summed E-state index contributed by atoms with van der Waals surface area (Å²) in [5.41, 5.74) is 11.4. The van der Waals surface area contributed by atoms with Crippen LogP contribution in [-0.4, -0.2) is 25.8 Å². The minimum Gasteiger partial charge on any atom is -0.370 e. The molecule has 11 heteroatoms. The average molecular weight is 489 g/mol. The molecule has 33 heavy (non-hydrogen) atoms. The van der Waals surface area contributed by atoms with Gasteiger partial charge in [0.1, 0.15) is 5.69 Å². The highest BCUT2D eigenvalue weighted by Crippen LogP contribution is 2.20. The minimum absolute atomic E-state index is 0. The molecule has 9 nitrogen and oxygen atoms in total. The maximum atomic E-state index is 13.4. The molecule has 2 heterocycles. The molecule has 172 valence electrons. The van der Waals surface area contributed by atoms with E-state index in [1.165, 1.54) is 15.4 Å². The first-order valence-corrected chi connectivity index (χ1v) is 9.44. The molecule has 0 spiro atoms. The molecule has 0 aliphatic heterocycles. The number of guanidine groups is 1. The molecule has 1 amide bonds. The van der Waals surface area contributed by atoms with E-state index < -0.39 is 23.0 Å². The van der Waals surface area contributed by atoms with Crippen molar-refractivity contribution >= 4 is 47.5 Å². The topological polar surface area (TPSA) is 130 Å². The number of fused-ring (bicyclic) bond motifs is 1. The van der Waals surface area contributed by atoms with Gasteiger partial charge in [0.05, 0.1) is 16.9 Å².